The van der Waals surface area contributed by atoms with E-state index in [1.54, 1.807) is 18.7 Å². The molecule has 39 heavy (non-hydrogen) atoms. The standard InChI is InChI=1S/C27H30F3N5O2S.ClH/c1-4-18-13-19(5-6-23(18)37-12-9-17-7-10-32-11-8-17)35-25(38)34(24(36)26(35,2)3)20-14-21(27(28,29)30)22(15-31)33-16-20;/h5-6,13-14,16-17,32H,4,7-12H2,1-3H3;1H. The SMILES string of the molecule is CCc1cc(N2C(=S)N(c3cnc(C#N)c(C(F)(F)F)c3)C(=O)C2(C)C)ccc1OCCC1CCNCC1.Cl. The number of benzene rings is 1. The minimum atomic E-state index is -4.81. The highest BCUT2D eigenvalue weighted by atomic mass is 35.5. The van der Waals surface area contributed by atoms with Crippen molar-refractivity contribution < 1.29 is 22.7 Å². The fraction of sp³-hybridized carbons (Fsp3) is 0.481. The lowest BCUT2D eigenvalue weighted by Crippen LogP contribution is -2.44. The van der Waals surface area contributed by atoms with Crippen LogP contribution in [0.1, 0.15) is 56.9 Å². The number of rotatable bonds is 7. The average Bonchev–Trinajstić information content (AvgIpc) is 3.07. The van der Waals surface area contributed by atoms with Crippen molar-refractivity contribution in [3.8, 4) is 11.8 Å². The number of halogens is 4. The lowest BCUT2D eigenvalue weighted by atomic mass is 9.95. The fourth-order valence-corrected chi connectivity index (χ4v) is 5.49. The van der Waals surface area contributed by atoms with E-state index in [-0.39, 0.29) is 23.2 Å². The van der Waals surface area contributed by atoms with E-state index < -0.39 is 28.9 Å². The minimum absolute atomic E-state index is 0. The van der Waals surface area contributed by atoms with E-state index in [0.29, 0.717) is 24.6 Å². The first-order valence-electron chi connectivity index (χ1n) is 12.6. The van der Waals surface area contributed by atoms with Gasteiger partial charge in [-0.1, -0.05) is 6.92 Å². The van der Waals surface area contributed by atoms with Crippen molar-refractivity contribution in [3.05, 3.63) is 47.3 Å². The number of nitriles is 1. The van der Waals surface area contributed by atoms with Gasteiger partial charge in [0.25, 0.3) is 5.91 Å². The number of hydrogen-bond acceptors (Lipinski definition) is 6. The first-order valence-corrected chi connectivity index (χ1v) is 13.0. The van der Waals surface area contributed by atoms with Crippen LogP contribution < -0.4 is 19.9 Å². The van der Waals surface area contributed by atoms with E-state index in [0.717, 1.165) is 60.8 Å². The van der Waals surface area contributed by atoms with Gasteiger partial charge in [-0.05, 0) is 101 Å². The number of hydrogen-bond donors (Lipinski definition) is 1. The van der Waals surface area contributed by atoms with Crippen LogP contribution in [0.2, 0.25) is 0 Å². The summed E-state index contributed by atoms with van der Waals surface area (Å²) < 4.78 is 46.8. The Kier molecular flexibility index (Phi) is 9.47. The molecule has 0 saturated carbocycles. The molecule has 0 atom stereocenters. The van der Waals surface area contributed by atoms with Crippen molar-refractivity contribution in [2.45, 2.75) is 58.2 Å². The van der Waals surface area contributed by atoms with Gasteiger partial charge in [-0.25, -0.2) is 4.98 Å². The van der Waals surface area contributed by atoms with Crippen LogP contribution in [0, 0.1) is 17.2 Å². The van der Waals surface area contributed by atoms with Gasteiger partial charge < -0.3 is 15.0 Å². The predicted molar refractivity (Wildman–Crippen MR) is 149 cm³/mol. The smallest absolute Gasteiger partial charge is 0.419 e. The molecule has 4 rings (SSSR count). The molecule has 0 unspecified atom stereocenters. The second kappa shape index (κ2) is 12.1. The lowest BCUT2D eigenvalue weighted by molar-refractivity contribution is -0.138. The molecule has 0 aliphatic carbocycles. The Morgan fingerprint density at radius 3 is 2.54 bits per heavy atom. The fourth-order valence-electron chi connectivity index (χ4n) is 4.97. The third kappa shape index (κ3) is 6.13. The highest BCUT2D eigenvalue weighted by molar-refractivity contribution is 7.81. The van der Waals surface area contributed by atoms with Gasteiger partial charge in [0.15, 0.2) is 10.8 Å². The van der Waals surface area contributed by atoms with Crippen LogP contribution in [0.15, 0.2) is 30.5 Å². The van der Waals surface area contributed by atoms with Gasteiger partial charge in [-0.3, -0.25) is 9.69 Å². The Bertz CT molecular complexity index is 1280. The normalized spacial score (nSPS) is 17.7. The van der Waals surface area contributed by atoms with Crippen molar-refractivity contribution in [2.75, 3.05) is 29.5 Å². The highest BCUT2D eigenvalue weighted by Gasteiger charge is 2.51. The Morgan fingerprint density at radius 2 is 1.92 bits per heavy atom. The quantitative estimate of drug-likeness (QED) is 0.424. The molecule has 7 nitrogen and oxygen atoms in total. The molecule has 0 bridgehead atoms. The van der Waals surface area contributed by atoms with Crippen molar-refractivity contribution >= 4 is 47.0 Å². The number of thiocarbonyl (C=S) groups is 1. The van der Waals surface area contributed by atoms with Crippen LogP contribution >= 0.6 is 24.6 Å². The van der Waals surface area contributed by atoms with Crippen molar-refractivity contribution in [1.29, 1.82) is 5.26 Å². The van der Waals surface area contributed by atoms with Gasteiger partial charge in [-0.15, -0.1) is 12.4 Å². The van der Waals surface area contributed by atoms with Gasteiger partial charge in [0.2, 0.25) is 0 Å². The number of amides is 1. The molecule has 1 aromatic heterocycles. The minimum Gasteiger partial charge on any atom is -0.493 e. The summed E-state index contributed by atoms with van der Waals surface area (Å²) in [5, 5.41) is 12.5. The molecule has 2 aromatic rings. The van der Waals surface area contributed by atoms with E-state index in [9.17, 15) is 18.0 Å². The molecule has 2 aliphatic heterocycles. The van der Waals surface area contributed by atoms with Crippen LogP contribution in [-0.2, 0) is 17.4 Å². The first kappa shape index (κ1) is 30.6. The molecule has 2 saturated heterocycles. The molecule has 2 fully saturated rings. The number of pyridine rings is 1. The number of piperidine rings is 1. The second-order valence-electron chi connectivity index (χ2n) is 9.99. The number of aromatic nitrogens is 1. The molecular formula is C27H31ClF3N5O2S. The number of ether oxygens (including phenoxy) is 1. The lowest BCUT2D eigenvalue weighted by Gasteiger charge is -2.30. The molecule has 2 aliphatic rings. The number of nitrogens with one attached hydrogen (secondary N) is 1. The molecule has 3 heterocycles. The summed E-state index contributed by atoms with van der Waals surface area (Å²) in [6.07, 6.45) is 0.214. The summed E-state index contributed by atoms with van der Waals surface area (Å²) in [4.78, 5) is 19.8. The maximum absolute atomic E-state index is 13.6. The van der Waals surface area contributed by atoms with Crippen LogP contribution in [-0.4, -0.2) is 41.2 Å². The van der Waals surface area contributed by atoms with E-state index in [4.69, 9.17) is 22.2 Å². The molecule has 12 heteroatoms. The Labute approximate surface area is 237 Å². The van der Waals surface area contributed by atoms with Crippen LogP contribution in [0.5, 0.6) is 5.75 Å². The maximum atomic E-state index is 13.6. The van der Waals surface area contributed by atoms with E-state index in [1.807, 2.05) is 25.1 Å². The van der Waals surface area contributed by atoms with Crippen LogP contribution in [0.4, 0.5) is 24.5 Å². The van der Waals surface area contributed by atoms with Crippen molar-refractivity contribution in [2.24, 2.45) is 5.92 Å². The number of carbonyl (C=O) groups is 1. The van der Waals surface area contributed by atoms with Gasteiger partial charge >= 0.3 is 6.18 Å². The zero-order valence-electron chi connectivity index (χ0n) is 22.0. The zero-order valence-corrected chi connectivity index (χ0v) is 23.6. The molecule has 0 radical (unpaired) electrons. The third-order valence-electron chi connectivity index (χ3n) is 7.14. The Balaban J connectivity index is 0.00000420. The van der Waals surface area contributed by atoms with Gasteiger partial charge in [0, 0.05) is 5.69 Å². The summed E-state index contributed by atoms with van der Waals surface area (Å²) in [6, 6.07) is 7.76. The van der Waals surface area contributed by atoms with Crippen molar-refractivity contribution in [3.63, 3.8) is 0 Å². The van der Waals surface area contributed by atoms with E-state index >= 15 is 0 Å². The number of nitrogens with zero attached hydrogens (tertiary/aromatic N) is 4. The zero-order chi connectivity index (χ0) is 27.7. The first-order chi connectivity index (χ1) is 18.0. The molecular weight excluding hydrogens is 551 g/mol. The molecule has 1 N–H and O–H groups in total. The maximum Gasteiger partial charge on any atom is 0.419 e. The van der Waals surface area contributed by atoms with E-state index in [2.05, 4.69) is 10.3 Å². The van der Waals surface area contributed by atoms with Gasteiger partial charge in [0.05, 0.1) is 24.1 Å². The monoisotopic (exact) mass is 581 g/mol. The average molecular weight is 582 g/mol. The number of aryl methyl sites for hydroxylation is 1. The van der Waals surface area contributed by atoms with Gasteiger partial charge in [-0.2, -0.15) is 18.4 Å². The van der Waals surface area contributed by atoms with E-state index in [1.165, 1.54) is 6.07 Å². The summed E-state index contributed by atoms with van der Waals surface area (Å²) in [5.74, 6) is 0.917. The number of anilines is 2. The number of carbonyl (C=O) groups excluding carboxylic acids is 1. The van der Waals surface area contributed by atoms with Gasteiger partial charge in [0.1, 0.15) is 17.4 Å². The molecule has 1 aromatic carbocycles. The second-order valence-corrected chi connectivity index (χ2v) is 10.4. The van der Waals surface area contributed by atoms with Crippen molar-refractivity contribution in [1.82, 2.24) is 10.3 Å². The Hall–Kier alpha value is -2.94. The summed E-state index contributed by atoms with van der Waals surface area (Å²) in [7, 11) is 0. The summed E-state index contributed by atoms with van der Waals surface area (Å²) in [5.41, 5.74) is -1.73. The van der Waals surface area contributed by atoms with Crippen LogP contribution in [0.25, 0.3) is 0 Å². The third-order valence-corrected chi connectivity index (χ3v) is 7.50. The number of alkyl halides is 3. The molecule has 1 amide bonds. The highest BCUT2D eigenvalue weighted by Crippen LogP contribution is 2.40. The topological polar surface area (TPSA) is 81.5 Å². The molecule has 210 valence electrons. The summed E-state index contributed by atoms with van der Waals surface area (Å²) >= 11 is 5.63. The summed E-state index contributed by atoms with van der Waals surface area (Å²) in [6.45, 7) is 8.03. The molecule has 0 spiro atoms. The predicted octanol–water partition coefficient (Wildman–Crippen LogP) is 5.64. The Morgan fingerprint density at radius 1 is 1.23 bits per heavy atom. The van der Waals surface area contributed by atoms with Crippen LogP contribution in [0.3, 0.4) is 0 Å². The largest absolute Gasteiger partial charge is 0.493 e.